The lowest BCUT2D eigenvalue weighted by Gasteiger charge is -2.42. The molecule has 8 nitrogen and oxygen atoms in total. The van der Waals surface area contributed by atoms with Crippen molar-refractivity contribution in [3.63, 3.8) is 0 Å². The summed E-state index contributed by atoms with van der Waals surface area (Å²) in [5.74, 6) is -4.79. The number of benzene rings is 1. The van der Waals surface area contributed by atoms with E-state index in [2.05, 4.69) is 15.9 Å². The van der Waals surface area contributed by atoms with Gasteiger partial charge >= 0.3 is 5.97 Å². The van der Waals surface area contributed by atoms with E-state index < -0.39 is 29.6 Å². The van der Waals surface area contributed by atoms with Gasteiger partial charge in [-0.2, -0.15) is 0 Å². The number of carbonyl (C=O) groups is 5. The number of carboxylic acids is 1. The zero-order valence-corrected chi connectivity index (χ0v) is 21.1. The van der Waals surface area contributed by atoms with Gasteiger partial charge in [0.25, 0.3) is 0 Å². The molecule has 9 heteroatoms. The number of carbonyl (C=O) groups excluding carboxylic acids is 4. The molecule has 0 radical (unpaired) electrons. The Labute approximate surface area is 215 Å². The van der Waals surface area contributed by atoms with Crippen molar-refractivity contribution in [1.29, 1.82) is 0 Å². The fraction of sp³-hybridized carbons (Fsp3) is 0.370. The molecule has 0 saturated carbocycles. The number of phenolic OH excluding ortho intramolecular Hbond substituents is 1. The third kappa shape index (κ3) is 3.77. The van der Waals surface area contributed by atoms with Gasteiger partial charge in [0.1, 0.15) is 5.75 Å². The molecular weight excluding hydrogens is 530 g/mol. The maximum atomic E-state index is 13.5. The second-order valence-electron chi connectivity index (χ2n) is 9.76. The maximum Gasteiger partial charge on any atom is 0.303 e. The monoisotopic (exact) mass is 553 g/mol. The lowest BCUT2D eigenvalue weighted by atomic mass is 9.59. The predicted octanol–water partition coefficient (Wildman–Crippen LogP) is 3.45. The number of allylic oxidation sites excluding steroid dienone is 6. The van der Waals surface area contributed by atoms with E-state index >= 15 is 0 Å². The summed E-state index contributed by atoms with van der Waals surface area (Å²) in [6, 6.07) is 4.90. The Kier molecular flexibility index (Phi) is 6.06. The second kappa shape index (κ2) is 8.96. The molecule has 1 fully saturated rings. The quantitative estimate of drug-likeness (QED) is 0.324. The highest BCUT2D eigenvalue weighted by Crippen LogP contribution is 2.56. The summed E-state index contributed by atoms with van der Waals surface area (Å²) in [4.78, 5) is 65.2. The predicted molar refractivity (Wildman–Crippen MR) is 131 cm³/mol. The number of hydrogen-bond acceptors (Lipinski definition) is 6. The van der Waals surface area contributed by atoms with Crippen LogP contribution in [0.25, 0.3) is 0 Å². The van der Waals surface area contributed by atoms with Crippen molar-refractivity contribution in [3.8, 4) is 5.75 Å². The number of halogens is 1. The van der Waals surface area contributed by atoms with Crippen LogP contribution < -0.4 is 0 Å². The number of amides is 2. The Morgan fingerprint density at radius 3 is 2.61 bits per heavy atom. The normalized spacial score (nSPS) is 27.4. The number of fused-ring (bicyclic) bond motifs is 3. The van der Waals surface area contributed by atoms with Crippen molar-refractivity contribution in [2.75, 3.05) is 6.54 Å². The highest BCUT2D eigenvalue weighted by atomic mass is 79.9. The number of likely N-dealkylation sites (tertiary alicyclic amines) is 1. The van der Waals surface area contributed by atoms with Crippen LogP contribution in [0, 0.1) is 17.8 Å². The van der Waals surface area contributed by atoms with Crippen LogP contribution in [0.1, 0.15) is 44.1 Å². The summed E-state index contributed by atoms with van der Waals surface area (Å²) in [5.41, 5.74) is 2.17. The summed E-state index contributed by atoms with van der Waals surface area (Å²) < 4.78 is 0.687. The van der Waals surface area contributed by atoms with E-state index in [1.54, 1.807) is 19.1 Å². The fourth-order valence-electron chi connectivity index (χ4n) is 6.17. The highest BCUT2D eigenvalue weighted by Gasteiger charge is 2.56. The number of hydrogen-bond donors (Lipinski definition) is 2. The van der Waals surface area contributed by atoms with E-state index in [0.29, 0.717) is 33.2 Å². The number of rotatable bonds is 5. The van der Waals surface area contributed by atoms with Gasteiger partial charge < -0.3 is 10.2 Å². The van der Waals surface area contributed by atoms with Gasteiger partial charge in [-0.1, -0.05) is 27.6 Å². The fourth-order valence-corrected chi connectivity index (χ4v) is 6.55. The first-order chi connectivity index (χ1) is 17.1. The molecule has 1 aromatic carbocycles. The first kappa shape index (κ1) is 24.4. The summed E-state index contributed by atoms with van der Waals surface area (Å²) in [6.07, 6.45) is 3.67. The molecule has 0 bridgehead atoms. The molecule has 2 N–H and O–H groups in total. The van der Waals surface area contributed by atoms with Crippen LogP contribution >= 0.6 is 15.9 Å². The summed E-state index contributed by atoms with van der Waals surface area (Å²) in [5, 5.41) is 19.7. The van der Waals surface area contributed by atoms with E-state index in [1.807, 2.05) is 6.08 Å². The first-order valence-electron chi connectivity index (χ1n) is 11.9. The average Bonchev–Trinajstić information content (AvgIpc) is 3.07. The number of aromatic hydroxyl groups is 1. The molecule has 4 aliphatic rings. The molecule has 4 atom stereocenters. The van der Waals surface area contributed by atoms with Crippen molar-refractivity contribution < 1.29 is 34.2 Å². The third-order valence-electron chi connectivity index (χ3n) is 7.73. The van der Waals surface area contributed by atoms with Gasteiger partial charge in [0, 0.05) is 45.6 Å². The van der Waals surface area contributed by atoms with Gasteiger partial charge in [-0.05, 0) is 56.4 Å². The van der Waals surface area contributed by atoms with E-state index in [1.165, 1.54) is 12.1 Å². The number of ketones is 2. The lowest BCUT2D eigenvalue weighted by molar-refractivity contribution is -0.142. The number of aliphatic carboxylic acids is 1. The second-order valence-corrected chi connectivity index (χ2v) is 10.7. The molecule has 1 aliphatic heterocycles. The van der Waals surface area contributed by atoms with Crippen LogP contribution in [0.4, 0.5) is 0 Å². The van der Waals surface area contributed by atoms with Crippen LogP contribution in [-0.4, -0.2) is 51.0 Å². The molecule has 1 saturated heterocycles. The van der Waals surface area contributed by atoms with E-state index in [-0.39, 0.29) is 54.9 Å². The number of phenols is 1. The van der Waals surface area contributed by atoms with Crippen molar-refractivity contribution in [2.45, 2.75) is 38.5 Å². The Bertz CT molecular complexity index is 1340. The molecule has 0 spiro atoms. The van der Waals surface area contributed by atoms with Crippen LogP contribution in [0.15, 0.2) is 57.1 Å². The van der Waals surface area contributed by atoms with Crippen LogP contribution in [0.5, 0.6) is 5.75 Å². The Morgan fingerprint density at radius 2 is 1.89 bits per heavy atom. The number of nitrogens with zero attached hydrogens (tertiary/aromatic N) is 1. The zero-order valence-electron chi connectivity index (χ0n) is 19.5. The SMILES string of the molecule is CC1=CC(=O)C2=C(CC3C(=CCC4C(=O)N(CCCC(=O)O)C(=O)C43)C2c2cc(Br)ccc2O)C1=O. The molecule has 4 unspecified atom stereocenters. The Balaban J connectivity index is 1.60. The molecular formula is C27H24BrNO7. The first-order valence-corrected chi connectivity index (χ1v) is 12.6. The molecule has 0 aromatic heterocycles. The van der Waals surface area contributed by atoms with Gasteiger partial charge in [0.2, 0.25) is 11.8 Å². The average molecular weight is 554 g/mol. The van der Waals surface area contributed by atoms with Gasteiger partial charge in [-0.15, -0.1) is 0 Å². The van der Waals surface area contributed by atoms with Gasteiger partial charge in [0.15, 0.2) is 11.6 Å². The Morgan fingerprint density at radius 1 is 1.14 bits per heavy atom. The molecule has 5 rings (SSSR count). The lowest BCUT2D eigenvalue weighted by Crippen LogP contribution is -2.40. The Hall–Kier alpha value is -3.33. The van der Waals surface area contributed by atoms with Crippen molar-refractivity contribution in [3.05, 3.63) is 62.7 Å². The molecule has 186 valence electrons. The highest BCUT2D eigenvalue weighted by molar-refractivity contribution is 9.10. The van der Waals surface area contributed by atoms with Crippen LogP contribution in [0.2, 0.25) is 0 Å². The zero-order chi connectivity index (χ0) is 25.9. The van der Waals surface area contributed by atoms with Crippen LogP contribution in [0.3, 0.4) is 0 Å². The molecule has 3 aliphatic carbocycles. The van der Waals surface area contributed by atoms with Crippen LogP contribution in [-0.2, 0) is 24.0 Å². The molecule has 1 aromatic rings. The summed E-state index contributed by atoms with van der Waals surface area (Å²) in [6.45, 7) is 1.61. The minimum Gasteiger partial charge on any atom is -0.508 e. The molecule has 2 amide bonds. The van der Waals surface area contributed by atoms with Crippen molar-refractivity contribution in [2.24, 2.45) is 17.8 Å². The number of carboxylic acid groups (broad SMARTS) is 1. The van der Waals surface area contributed by atoms with E-state index in [9.17, 15) is 29.1 Å². The van der Waals surface area contributed by atoms with Gasteiger partial charge in [-0.25, -0.2) is 0 Å². The summed E-state index contributed by atoms with van der Waals surface area (Å²) >= 11 is 3.42. The number of Topliss-reactive ketones (excluding diaryl/α,β-unsaturated/α-hetero) is 1. The minimum atomic E-state index is -0.997. The standard InChI is InChI=1S/C27H24BrNO7/c1-12-9-20(31)24-18(25(12)34)11-16-14(22(24)17-10-13(28)4-7-19(17)30)5-6-15-23(16)27(36)29(26(15)35)8-2-3-21(32)33/h4-5,7,9-10,15-16,22-23,30H,2-3,6,8,11H2,1H3,(H,32,33). The van der Waals surface area contributed by atoms with Gasteiger partial charge in [-0.3, -0.25) is 28.9 Å². The molecule has 1 heterocycles. The van der Waals surface area contributed by atoms with E-state index in [0.717, 1.165) is 10.5 Å². The van der Waals surface area contributed by atoms with E-state index in [4.69, 9.17) is 5.11 Å². The number of imide groups is 1. The topological polar surface area (TPSA) is 129 Å². The largest absolute Gasteiger partial charge is 0.508 e. The summed E-state index contributed by atoms with van der Waals surface area (Å²) in [7, 11) is 0. The minimum absolute atomic E-state index is 0.0298. The maximum absolute atomic E-state index is 13.5. The van der Waals surface area contributed by atoms with Gasteiger partial charge in [0.05, 0.1) is 11.8 Å². The molecule has 36 heavy (non-hydrogen) atoms. The van der Waals surface area contributed by atoms with Crippen molar-refractivity contribution in [1.82, 2.24) is 4.90 Å². The smallest absolute Gasteiger partial charge is 0.303 e. The third-order valence-corrected chi connectivity index (χ3v) is 8.22. The van der Waals surface area contributed by atoms with Crippen molar-refractivity contribution >= 4 is 45.3 Å².